The molecule has 1 saturated carbocycles. The van der Waals surface area contributed by atoms with Crippen LogP contribution in [0.1, 0.15) is 30.0 Å². The number of aromatic nitrogens is 1. The van der Waals surface area contributed by atoms with Crippen LogP contribution in [0.2, 0.25) is 0 Å². The normalized spacial score (nSPS) is 20.3. The van der Waals surface area contributed by atoms with Gasteiger partial charge in [-0.2, -0.15) is 0 Å². The SMILES string of the molecule is COc1ccc(OC)c([C@H]2CN(C(=S)NC3CC3)C[C@@H]2C(=O)NCc2ccccn2)c1. The molecule has 1 saturated heterocycles. The third kappa shape index (κ3) is 5.07. The van der Waals surface area contributed by atoms with Gasteiger partial charge in [-0.3, -0.25) is 9.78 Å². The topological polar surface area (TPSA) is 75.7 Å². The fourth-order valence-corrected chi connectivity index (χ4v) is 4.30. The molecule has 1 aliphatic carbocycles. The first-order valence-corrected chi connectivity index (χ1v) is 10.9. The van der Waals surface area contributed by atoms with E-state index >= 15 is 0 Å². The summed E-state index contributed by atoms with van der Waals surface area (Å²) in [6.45, 7) is 1.59. The van der Waals surface area contributed by atoms with Crippen LogP contribution in [-0.4, -0.2) is 54.3 Å². The number of carbonyl (C=O) groups is 1. The summed E-state index contributed by atoms with van der Waals surface area (Å²) in [6.07, 6.45) is 4.02. The molecule has 0 radical (unpaired) electrons. The second kappa shape index (κ2) is 9.51. The van der Waals surface area contributed by atoms with Crippen LogP contribution in [0, 0.1) is 5.92 Å². The van der Waals surface area contributed by atoms with Gasteiger partial charge in [0.15, 0.2) is 5.11 Å². The van der Waals surface area contributed by atoms with Crippen molar-refractivity contribution in [2.24, 2.45) is 5.92 Å². The molecule has 2 N–H and O–H groups in total. The van der Waals surface area contributed by atoms with Crippen molar-refractivity contribution in [1.29, 1.82) is 0 Å². The molecule has 1 aromatic carbocycles. The maximum Gasteiger partial charge on any atom is 0.225 e. The lowest BCUT2D eigenvalue weighted by Crippen LogP contribution is -2.40. The zero-order valence-corrected chi connectivity index (χ0v) is 18.7. The fraction of sp³-hybridized carbons (Fsp3) is 0.435. The molecule has 1 amide bonds. The molecule has 2 aromatic rings. The molecule has 8 heteroatoms. The Morgan fingerprint density at radius 3 is 2.71 bits per heavy atom. The van der Waals surface area contributed by atoms with Crippen molar-refractivity contribution in [2.75, 3.05) is 27.3 Å². The number of benzene rings is 1. The standard InChI is InChI=1S/C23H28N4O3S/c1-29-17-8-9-21(30-2)18(11-17)19-13-27(23(31)26-15-6-7-15)14-20(19)22(28)25-12-16-5-3-4-10-24-16/h3-5,8-11,15,19-20H,6-7,12-14H2,1-2H3,(H,25,28)(H,26,31)/t19-,20+/m1/s1. The minimum Gasteiger partial charge on any atom is -0.497 e. The minimum absolute atomic E-state index is 0.0164. The van der Waals surface area contributed by atoms with Gasteiger partial charge >= 0.3 is 0 Å². The number of nitrogens with zero attached hydrogens (tertiary/aromatic N) is 2. The summed E-state index contributed by atoms with van der Waals surface area (Å²) in [5.74, 6) is 1.12. The molecule has 0 bridgehead atoms. The Morgan fingerprint density at radius 1 is 1.19 bits per heavy atom. The van der Waals surface area contributed by atoms with E-state index in [1.54, 1.807) is 20.4 Å². The van der Waals surface area contributed by atoms with Crippen LogP contribution in [-0.2, 0) is 11.3 Å². The molecule has 31 heavy (non-hydrogen) atoms. The lowest BCUT2D eigenvalue weighted by Gasteiger charge is -2.21. The Labute approximate surface area is 188 Å². The summed E-state index contributed by atoms with van der Waals surface area (Å²) in [6, 6.07) is 11.9. The molecule has 2 aliphatic rings. The number of carbonyl (C=O) groups excluding carboxylic acids is 1. The predicted octanol–water partition coefficient (Wildman–Crippen LogP) is 2.47. The van der Waals surface area contributed by atoms with E-state index in [4.69, 9.17) is 21.7 Å². The summed E-state index contributed by atoms with van der Waals surface area (Å²) >= 11 is 5.64. The van der Waals surface area contributed by atoms with Gasteiger partial charge in [-0.1, -0.05) is 6.07 Å². The zero-order chi connectivity index (χ0) is 21.8. The van der Waals surface area contributed by atoms with E-state index in [1.165, 1.54) is 0 Å². The first-order valence-electron chi connectivity index (χ1n) is 10.5. The molecule has 1 aromatic heterocycles. The third-order valence-electron chi connectivity index (χ3n) is 5.86. The van der Waals surface area contributed by atoms with E-state index in [-0.39, 0.29) is 17.7 Å². The highest BCUT2D eigenvalue weighted by atomic mass is 32.1. The lowest BCUT2D eigenvalue weighted by atomic mass is 9.87. The van der Waals surface area contributed by atoms with Crippen molar-refractivity contribution in [3.05, 3.63) is 53.9 Å². The molecule has 1 aliphatic heterocycles. The number of amides is 1. The summed E-state index contributed by atoms with van der Waals surface area (Å²) in [7, 11) is 3.28. The smallest absolute Gasteiger partial charge is 0.225 e. The molecule has 0 unspecified atom stereocenters. The quantitative estimate of drug-likeness (QED) is 0.641. The first kappa shape index (κ1) is 21.4. The number of likely N-dealkylation sites (tertiary alicyclic amines) is 1. The number of ether oxygens (including phenoxy) is 2. The number of nitrogens with one attached hydrogen (secondary N) is 2. The zero-order valence-electron chi connectivity index (χ0n) is 17.8. The molecule has 2 fully saturated rings. The third-order valence-corrected chi connectivity index (χ3v) is 6.23. The van der Waals surface area contributed by atoms with Crippen molar-refractivity contribution < 1.29 is 14.3 Å². The summed E-state index contributed by atoms with van der Waals surface area (Å²) in [5, 5.41) is 7.17. The fourth-order valence-electron chi connectivity index (χ4n) is 3.98. The van der Waals surface area contributed by atoms with Gasteiger partial charge in [-0.15, -0.1) is 0 Å². The van der Waals surface area contributed by atoms with Crippen LogP contribution in [0.4, 0.5) is 0 Å². The number of rotatable bonds is 7. The second-order valence-electron chi connectivity index (χ2n) is 7.99. The highest BCUT2D eigenvalue weighted by Crippen LogP contribution is 2.39. The van der Waals surface area contributed by atoms with E-state index in [9.17, 15) is 4.79 Å². The Hall–Kier alpha value is -2.87. The average Bonchev–Trinajstić information content (AvgIpc) is 3.51. The molecule has 164 valence electrons. The number of pyridine rings is 1. The average molecular weight is 441 g/mol. The van der Waals surface area contributed by atoms with Crippen molar-refractivity contribution >= 4 is 23.2 Å². The van der Waals surface area contributed by atoms with Gasteiger partial charge in [-0.25, -0.2) is 0 Å². The molecule has 0 spiro atoms. The van der Waals surface area contributed by atoms with Gasteiger partial charge in [0.1, 0.15) is 11.5 Å². The van der Waals surface area contributed by atoms with Gasteiger partial charge in [0.05, 0.1) is 32.4 Å². The summed E-state index contributed by atoms with van der Waals surface area (Å²) < 4.78 is 11.1. The predicted molar refractivity (Wildman–Crippen MR) is 122 cm³/mol. The number of methoxy groups -OCH3 is 2. The molecule has 2 heterocycles. The monoisotopic (exact) mass is 440 g/mol. The largest absolute Gasteiger partial charge is 0.497 e. The van der Waals surface area contributed by atoms with E-state index in [0.29, 0.717) is 25.7 Å². The molecular weight excluding hydrogens is 412 g/mol. The van der Waals surface area contributed by atoms with Crippen molar-refractivity contribution in [1.82, 2.24) is 20.5 Å². The highest BCUT2D eigenvalue weighted by Gasteiger charge is 2.41. The van der Waals surface area contributed by atoms with Crippen LogP contribution >= 0.6 is 12.2 Å². The first-order chi connectivity index (χ1) is 15.1. The number of hydrogen-bond acceptors (Lipinski definition) is 5. The van der Waals surface area contributed by atoms with Crippen molar-refractivity contribution in [3.63, 3.8) is 0 Å². The van der Waals surface area contributed by atoms with Gasteiger partial charge < -0.3 is 25.0 Å². The maximum atomic E-state index is 13.3. The number of thiocarbonyl (C=S) groups is 1. The van der Waals surface area contributed by atoms with Crippen LogP contribution < -0.4 is 20.1 Å². The summed E-state index contributed by atoms with van der Waals surface area (Å²) in [4.78, 5) is 19.7. The van der Waals surface area contributed by atoms with Crippen molar-refractivity contribution in [2.45, 2.75) is 31.3 Å². The van der Waals surface area contributed by atoms with Gasteiger partial charge in [0.2, 0.25) is 5.91 Å². The Morgan fingerprint density at radius 2 is 2.03 bits per heavy atom. The van der Waals surface area contributed by atoms with Gasteiger partial charge in [0.25, 0.3) is 0 Å². The van der Waals surface area contributed by atoms with E-state index in [0.717, 1.165) is 40.7 Å². The van der Waals surface area contributed by atoms with Crippen molar-refractivity contribution in [3.8, 4) is 11.5 Å². The van der Waals surface area contributed by atoms with Crippen LogP contribution in [0.5, 0.6) is 11.5 Å². The molecule has 2 atom stereocenters. The highest BCUT2D eigenvalue weighted by molar-refractivity contribution is 7.80. The molecule has 7 nitrogen and oxygen atoms in total. The minimum atomic E-state index is -0.274. The van der Waals surface area contributed by atoms with E-state index in [2.05, 4.69) is 20.5 Å². The molecular formula is C23H28N4O3S. The number of hydrogen-bond donors (Lipinski definition) is 2. The van der Waals surface area contributed by atoms with E-state index < -0.39 is 0 Å². The Balaban J connectivity index is 1.56. The van der Waals surface area contributed by atoms with Crippen LogP contribution in [0.3, 0.4) is 0 Å². The van der Waals surface area contributed by atoms with E-state index in [1.807, 2.05) is 36.4 Å². The lowest BCUT2D eigenvalue weighted by molar-refractivity contribution is -0.125. The second-order valence-corrected chi connectivity index (χ2v) is 8.38. The van der Waals surface area contributed by atoms with Gasteiger partial charge in [0, 0.05) is 36.8 Å². The summed E-state index contributed by atoms with van der Waals surface area (Å²) in [5.41, 5.74) is 1.78. The molecule has 4 rings (SSSR count). The van der Waals surface area contributed by atoms with Gasteiger partial charge in [-0.05, 0) is 55.4 Å². The Kier molecular flexibility index (Phi) is 6.56. The van der Waals surface area contributed by atoms with Crippen LogP contribution in [0.15, 0.2) is 42.6 Å². The van der Waals surface area contributed by atoms with Crippen LogP contribution in [0.25, 0.3) is 0 Å². The maximum absolute atomic E-state index is 13.3. The Bertz CT molecular complexity index is 936.